The summed E-state index contributed by atoms with van der Waals surface area (Å²) in [6, 6.07) is 33.2. The van der Waals surface area contributed by atoms with Crippen LogP contribution in [0, 0.1) is 13.8 Å². The van der Waals surface area contributed by atoms with Crippen LogP contribution in [-0.2, 0) is 11.2 Å². The van der Waals surface area contributed by atoms with Crippen LogP contribution in [0.4, 0.5) is 5.69 Å². The van der Waals surface area contributed by atoms with E-state index in [0.717, 1.165) is 58.0 Å². The summed E-state index contributed by atoms with van der Waals surface area (Å²) in [6.07, 6.45) is 1.10. The van der Waals surface area contributed by atoms with Crippen molar-refractivity contribution in [2.45, 2.75) is 34.1 Å². The molecule has 234 valence electrons. The number of nitrogens with one attached hydrogen (secondary N) is 1. The van der Waals surface area contributed by atoms with Crippen LogP contribution in [0.5, 0.6) is 11.5 Å². The number of phenolic OH excluding ortho intramolecular Hbond substituents is 2. The summed E-state index contributed by atoms with van der Waals surface area (Å²) >= 11 is 6.04. The quantitative estimate of drug-likeness (QED) is 0.111. The van der Waals surface area contributed by atoms with Crippen molar-refractivity contribution in [3.05, 3.63) is 136 Å². The summed E-state index contributed by atoms with van der Waals surface area (Å²) in [4.78, 5) is 22.6. The lowest BCUT2D eigenvalue weighted by atomic mass is 10.0. The molecule has 5 aromatic carbocycles. The molecule has 5 aromatic rings. The number of halogens is 1. The van der Waals surface area contributed by atoms with Gasteiger partial charge in [0.2, 0.25) is 5.91 Å². The predicted octanol–water partition coefficient (Wildman–Crippen LogP) is 9.02. The first-order valence-corrected chi connectivity index (χ1v) is 14.8. The maximum Gasteiger partial charge on any atom is 0.228 e. The molecule has 0 aliphatic rings. The number of hydrogen-bond acceptors (Lipinski definition) is 5. The lowest BCUT2D eigenvalue weighted by molar-refractivity contribution is -0.115. The third-order valence-corrected chi connectivity index (χ3v) is 6.74. The smallest absolute Gasteiger partial charge is 0.228 e. The van der Waals surface area contributed by atoms with Gasteiger partial charge in [0.05, 0.1) is 6.42 Å². The predicted molar refractivity (Wildman–Crippen MR) is 185 cm³/mol. The Labute approximate surface area is 270 Å². The minimum absolute atomic E-state index is 0.101. The fourth-order valence-electron chi connectivity index (χ4n) is 4.24. The number of aryl methyl sites for hydroxylation is 2. The lowest BCUT2D eigenvalue weighted by Crippen LogP contribution is -2.14. The van der Waals surface area contributed by atoms with Gasteiger partial charge in [-0.2, -0.15) is 0 Å². The zero-order valence-electron chi connectivity index (χ0n) is 26.2. The fourth-order valence-corrected chi connectivity index (χ4v) is 4.46. The molecule has 1 amide bonds. The van der Waals surface area contributed by atoms with Crippen LogP contribution in [0.1, 0.15) is 40.9 Å². The van der Waals surface area contributed by atoms with Crippen LogP contribution in [0.2, 0.25) is 5.02 Å². The molecule has 0 saturated carbocycles. The highest BCUT2D eigenvalue weighted by molar-refractivity contribution is 6.30. The van der Waals surface area contributed by atoms with Crippen LogP contribution in [-0.4, -0.2) is 34.6 Å². The summed E-state index contributed by atoms with van der Waals surface area (Å²) < 4.78 is 0. The molecule has 0 aromatic heterocycles. The van der Waals surface area contributed by atoms with E-state index in [1.807, 2.05) is 119 Å². The molecular formula is C38H40ClNO5. The van der Waals surface area contributed by atoms with Crippen LogP contribution < -0.4 is 5.32 Å². The molecule has 0 spiro atoms. The standard InChI is InChI=1S/C27H22ClNO3.C8H8O.C2H6.CH4O/c1-17-14-22(28)9-12-24(17)20-6-10-23(11-7-20)29-27(32)15-18-2-4-19(5-3-18)21-8-13-25(30)26(31)16-21;1-7-2-4-8(6-9)5-3-7;2*1-2/h2-14,16,30-31H,15H2,1H3,(H,29,32);2-6H,1H3;1-2H3;2H,1H3. The second-order valence-corrected chi connectivity index (χ2v) is 10.1. The van der Waals surface area contributed by atoms with Gasteiger partial charge < -0.3 is 20.6 Å². The van der Waals surface area contributed by atoms with E-state index >= 15 is 0 Å². The van der Waals surface area contributed by atoms with Crippen LogP contribution in [0.15, 0.2) is 109 Å². The Bertz CT molecular complexity index is 1650. The van der Waals surface area contributed by atoms with Crippen molar-refractivity contribution in [1.29, 1.82) is 0 Å². The first-order chi connectivity index (χ1) is 21.7. The van der Waals surface area contributed by atoms with E-state index in [1.54, 1.807) is 6.07 Å². The number of carbonyl (C=O) groups excluding carboxylic acids is 2. The van der Waals surface area contributed by atoms with Gasteiger partial charge in [0.25, 0.3) is 0 Å². The number of aromatic hydroxyl groups is 2. The van der Waals surface area contributed by atoms with E-state index in [-0.39, 0.29) is 23.8 Å². The van der Waals surface area contributed by atoms with E-state index in [9.17, 15) is 19.8 Å². The van der Waals surface area contributed by atoms with Crippen molar-refractivity contribution in [2.75, 3.05) is 12.4 Å². The van der Waals surface area contributed by atoms with E-state index in [4.69, 9.17) is 16.7 Å². The molecular weight excluding hydrogens is 586 g/mol. The highest BCUT2D eigenvalue weighted by Crippen LogP contribution is 2.31. The van der Waals surface area contributed by atoms with Gasteiger partial charge in [0.15, 0.2) is 11.5 Å². The second-order valence-electron chi connectivity index (χ2n) is 9.69. The number of rotatable bonds is 6. The molecule has 0 atom stereocenters. The largest absolute Gasteiger partial charge is 0.504 e. The summed E-state index contributed by atoms with van der Waals surface area (Å²) in [5.41, 5.74) is 8.47. The molecule has 0 unspecified atom stereocenters. The molecule has 0 saturated heterocycles. The number of aldehydes is 1. The zero-order chi connectivity index (χ0) is 33.4. The first kappa shape index (κ1) is 36.3. The van der Waals surface area contributed by atoms with Gasteiger partial charge in [-0.3, -0.25) is 9.59 Å². The van der Waals surface area contributed by atoms with Crippen LogP contribution in [0.3, 0.4) is 0 Å². The van der Waals surface area contributed by atoms with Gasteiger partial charge >= 0.3 is 0 Å². The molecule has 7 heteroatoms. The number of amides is 1. The summed E-state index contributed by atoms with van der Waals surface area (Å²) in [6.45, 7) is 8.02. The number of phenols is 2. The zero-order valence-corrected chi connectivity index (χ0v) is 27.0. The second kappa shape index (κ2) is 18.7. The molecule has 0 aliphatic carbocycles. The maximum atomic E-state index is 12.5. The summed E-state index contributed by atoms with van der Waals surface area (Å²) in [5.74, 6) is -0.419. The number of benzene rings is 5. The number of anilines is 1. The van der Waals surface area contributed by atoms with Crippen LogP contribution in [0.25, 0.3) is 22.3 Å². The number of aliphatic hydroxyl groups excluding tert-OH is 1. The van der Waals surface area contributed by atoms with Gasteiger partial charge in [-0.15, -0.1) is 0 Å². The minimum atomic E-state index is -0.164. The molecule has 0 bridgehead atoms. The van der Waals surface area contributed by atoms with Crippen molar-refractivity contribution in [1.82, 2.24) is 0 Å². The highest BCUT2D eigenvalue weighted by atomic mass is 35.5. The van der Waals surface area contributed by atoms with E-state index in [2.05, 4.69) is 5.32 Å². The minimum Gasteiger partial charge on any atom is -0.504 e. The van der Waals surface area contributed by atoms with Gasteiger partial charge in [-0.05, 0) is 83.6 Å². The van der Waals surface area contributed by atoms with Crippen LogP contribution >= 0.6 is 11.6 Å². The number of hydrogen-bond donors (Lipinski definition) is 4. The molecule has 6 nitrogen and oxygen atoms in total. The Hall–Kier alpha value is -4.91. The van der Waals surface area contributed by atoms with Gasteiger partial charge in [-0.1, -0.05) is 104 Å². The third-order valence-electron chi connectivity index (χ3n) is 6.51. The average molecular weight is 626 g/mol. The van der Waals surface area contributed by atoms with Crippen molar-refractivity contribution in [3.8, 4) is 33.8 Å². The average Bonchev–Trinajstić information content (AvgIpc) is 3.06. The van der Waals surface area contributed by atoms with Crippen molar-refractivity contribution < 1.29 is 24.9 Å². The van der Waals surface area contributed by atoms with E-state index in [1.165, 1.54) is 17.7 Å². The monoisotopic (exact) mass is 625 g/mol. The van der Waals surface area contributed by atoms with E-state index < -0.39 is 0 Å². The summed E-state index contributed by atoms with van der Waals surface area (Å²) in [5, 5.41) is 29.8. The number of carbonyl (C=O) groups is 2. The summed E-state index contributed by atoms with van der Waals surface area (Å²) in [7, 11) is 1.00. The maximum absolute atomic E-state index is 12.5. The SMILES string of the molecule is CC.CO.Cc1cc(Cl)ccc1-c1ccc(NC(=O)Cc2ccc(-c3ccc(O)c(O)c3)cc2)cc1.Cc1ccc(C=O)cc1. The molecule has 0 aliphatic heterocycles. The third kappa shape index (κ3) is 11.3. The Morgan fingerprint density at radius 2 is 1.29 bits per heavy atom. The van der Waals surface area contributed by atoms with Crippen molar-refractivity contribution in [3.63, 3.8) is 0 Å². The molecule has 0 heterocycles. The number of aliphatic hydroxyl groups is 1. The first-order valence-electron chi connectivity index (χ1n) is 14.5. The Morgan fingerprint density at radius 1 is 0.711 bits per heavy atom. The Kier molecular flexibility index (Phi) is 15.1. The highest BCUT2D eigenvalue weighted by Gasteiger charge is 2.08. The van der Waals surface area contributed by atoms with E-state index in [0.29, 0.717) is 5.02 Å². The van der Waals surface area contributed by atoms with Gasteiger partial charge in [-0.25, -0.2) is 0 Å². The normalized spacial score (nSPS) is 9.67. The van der Waals surface area contributed by atoms with Gasteiger partial charge in [0.1, 0.15) is 6.29 Å². The molecule has 5 rings (SSSR count). The van der Waals surface area contributed by atoms with Gasteiger partial charge in [0, 0.05) is 23.4 Å². The van der Waals surface area contributed by atoms with Crippen molar-refractivity contribution in [2.24, 2.45) is 0 Å². The molecule has 0 radical (unpaired) electrons. The molecule has 4 N–H and O–H groups in total. The molecule has 45 heavy (non-hydrogen) atoms. The molecule has 0 fully saturated rings. The Balaban J connectivity index is 0.000000458. The topological polar surface area (TPSA) is 107 Å². The fraction of sp³-hybridized carbons (Fsp3) is 0.158. The Morgan fingerprint density at radius 3 is 1.84 bits per heavy atom. The lowest BCUT2D eigenvalue weighted by Gasteiger charge is -2.10. The van der Waals surface area contributed by atoms with Crippen molar-refractivity contribution >= 4 is 29.5 Å².